The van der Waals surface area contributed by atoms with Crippen LogP contribution in [-0.4, -0.2) is 4.98 Å². The highest BCUT2D eigenvalue weighted by atomic mass is 19.2. The van der Waals surface area contributed by atoms with Gasteiger partial charge in [0.05, 0.1) is 11.6 Å². The van der Waals surface area contributed by atoms with Crippen molar-refractivity contribution in [3.63, 3.8) is 0 Å². The van der Waals surface area contributed by atoms with E-state index in [4.69, 9.17) is 5.73 Å². The topological polar surface area (TPSA) is 38.9 Å². The van der Waals surface area contributed by atoms with Crippen LogP contribution in [0.3, 0.4) is 0 Å². The van der Waals surface area contributed by atoms with Crippen LogP contribution in [0.5, 0.6) is 0 Å². The van der Waals surface area contributed by atoms with Gasteiger partial charge in [0.2, 0.25) is 0 Å². The molecule has 0 spiro atoms. The highest BCUT2D eigenvalue weighted by Gasteiger charge is 2.16. The second kappa shape index (κ2) is 5.18. The van der Waals surface area contributed by atoms with Gasteiger partial charge < -0.3 is 5.73 Å². The smallest absolute Gasteiger partial charge is 0.194 e. The Morgan fingerprint density at radius 3 is 2.33 bits per heavy atom. The Morgan fingerprint density at radius 2 is 1.62 bits per heavy atom. The molecule has 1 heterocycles. The van der Waals surface area contributed by atoms with Gasteiger partial charge in [-0.3, -0.25) is 4.98 Å². The van der Waals surface area contributed by atoms with Crippen LogP contribution < -0.4 is 5.73 Å². The zero-order valence-corrected chi connectivity index (χ0v) is 10.9. The molecule has 1 unspecified atom stereocenters. The van der Waals surface area contributed by atoms with Crippen LogP contribution in [0.2, 0.25) is 0 Å². The molecule has 106 valence electrons. The van der Waals surface area contributed by atoms with Gasteiger partial charge in [-0.05, 0) is 35.4 Å². The minimum atomic E-state index is -1.49. The maximum Gasteiger partial charge on any atom is 0.194 e. The van der Waals surface area contributed by atoms with Crippen molar-refractivity contribution in [3.05, 3.63) is 77.2 Å². The molecular formula is C16H11F3N2. The van der Waals surface area contributed by atoms with E-state index in [-0.39, 0.29) is 5.56 Å². The lowest BCUT2D eigenvalue weighted by Crippen LogP contribution is -2.13. The standard InChI is InChI=1S/C16H11F3N2/c17-12-6-11(7-13(18)15(12)19)16(20)10-4-3-9-2-1-5-21-14(9)8-10/h1-8,16H,20H2. The van der Waals surface area contributed by atoms with E-state index in [0.29, 0.717) is 5.56 Å². The lowest BCUT2D eigenvalue weighted by atomic mass is 9.98. The van der Waals surface area contributed by atoms with E-state index >= 15 is 0 Å². The SMILES string of the molecule is NC(c1cc(F)c(F)c(F)c1)c1ccc2cccnc2c1. The summed E-state index contributed by atoms with van der Waals surface area (Å²) in [5.74, 6) is -4.00. The second-order valence-corrected chi connectivity index (χ2v) is 4.73. The van der Waals surface area contributed by atoms with Gasteiger partial charge in [-0.15, -0.1) is 0 Å². The van der Waals surface area contributed by atoms with Crippen LogP contribution in [0.1, 0.15) is 17.2 Å². The van der Waals surface area contributed by atoms with Gasteiger partial charge in [-0.2, -0.15) is 0 Å². The molecule has 1 aromatic heterocycles. The average molecular weight is 288 g/mol. The predicted octanol–water partition coefficient (Wildman–Crippen LogP) is 3.70. The number of aromatic nitrogens is 1. The van der Waals surface area contributed by atoms with E-state index in [2.05, 4.69) is 4.98 Å². The van der Waals surface area contributed by atoms with Crippen LogP contribution in [0.4, 0.5) is 13.2 Å². The zero-order valence-electron chi connectivity index (χ0n) is 10.9. The summed E-state index contributed by atoms with van der Waals surface area (Å²) in [5, 5.41) is 0.935. The van der Waals surface area contributed by atoms with Gasteiger partial charge in [0.15, 0.2) is 17.5 Å². The monoisotopic (exact) mass is 288 g/mol. The van der Waals surface area contributed by atoms with E-state index in [1.807, 2.05) is 18.2 Å². The Labute approximate surface area is 119 Å². The molecule has 2 aromatic carbocycles. The first-order chi connectivity index (χ1) is 10.1. The lowest BCUT2D eigenvalue weighted by Gasteiger charge is -2.14. The molecule has 0 saturated heterocycles. The van der Waals surface area contributed by atoms with Gasteiger partial charge in [0, 0.05) is 11.6 Å². The third-order valence-electron chi connectivity index (χ3n) is 3.35. The summed E-state index contributed by atoms with van der Waals surface area (Å²) in [6.45, 7) is 0. The number of rotatable bonds is 2. The molecule has 3 rings (SSSR count). The molecule has 3 aromatic rings. The molecule has 0 bridgehead atoms. The van der Waals surface area contributed by atoms with Crippen molar-refractivity contribution in [1.29, 1.82) is 0 Å². The molecule has 0 amide bonds. The van der Waals surface area contributed by atoms with E-state index in [0.717, 1.165) is 23.0 Å². The molecule has 0 saturated carbocycles. The van der Waals surface area contributed by atoms with Crippen LogP contribution in [-0.2, 0) is 0 Å². The van der Waals surface area contributed by atoms with Gasteiger partial charge >= 0.3 is 0 Å². The quantitative estimate of drug-likeness (QED) is 0.730. The average Bonchev–Trinajstić information content (AvgIpc) is 2.51. The Morgan fingerprint density at radius 1 is 0.905 bits per heavy atom. The zero-order chi connectivity index (χ0) is 15.0. The third kappa shape index (κ3) is 2.48. The van der Waals surface area contributed by atoms with Crippen molar-refractivity contribution in [2.75, 3.05) is 0 Å². The molecule has 0 aliphatic carbocycles. The summed E-state index contributed by atoms with van der Waals surface area (Å²) >= 11 is 0. The molecule has 2 nitrogen and oxygen atoms in total. The number of nitrogens with zero attached hydrogens (tertiary/aromatic N) is 1. The fraction of sp³-hybridized carbons (Fsp3) is 0.0625. The number of fused-ring (bicyclic) bond motifs is 1. The molecule has 0 fully saturated rings. The van der Waals surface area contributed by atoms with Gasteiger partial charge in [0.25, 0.3) is 0 Å². The van der Waals surface area contributed by atoms with Crippen molar-refractivity contribution >= 4 is 10.9 Å². The summed E-state index contributed by atoms with van der Waals surface area (Å²) in [6.07, 6.45) is 1.65. The number of pyridine rings is 1. The first-order valence-electron chi connectivity index (χ1n) is 6.31. The molecule has 21 heavy (non-hydrogen) atoms. The summed E-state index contributed by atoms with van der Waals surface area (Å²) in [5.41, 5.74) is 7.55. The molecule has 5 heteroatoms. The molecular weight excluding hydrogens is 277 g/mol. The van der Waals surface area contributed by atoms with Crippen LogP contribution in [0.15, 0.2) is 48.7 Å². The number of benzene rings is 2. The Kier molecular flexibility index (Phi) is 3.35. The highest BCUT2D eigenvalue weighted by Crippen LogP contribution is 2.25. The largest absolute Gasteiger partial charge is 0.320 e. The van der Waals surface area contributed by atoms with E-state index < -0.39 is 23.5 Å². The van der Waals surface area contributed by atoms with Crippen LogP contribution in [0, 0.1) is 17.5 Å². The van der Waals surface area contributed by atoms with E-state index in [1.165, 1.54) is 0 Å². The summed E-state index contributed by atoms with van der Waals surface area (Å²) in [6, 6.07) is 10.1. The van der Waals surface area contributed by atoms with Gasteiger partial charge in [0.1, 0.15) is 0 Å². The number of hydrogen-bond donors (Lipinski definition) is 1. The molecule has 0 radical (unpaired) electrons. The van der Waals surface area contributed by atoms with Crippen molar-refractivity contribution in [3.8, 4) is 0 Å². The normalized spacial score (nSPS) is 12.6. The Hall–Kier alpha value is -2.40. The van der Waals surface area contributed by atoms with Gasteiger partial charge in [-0.25, -0.2) is 13.2 Å². The van der Waals surface area contributed by atoms with Crippen LogP contribution >= 0.6 is 0 Å². The summed E-state index contributed by atoms with van der Waals surface area (Å²) in [7, 11) is 0. The number of hydrogen-bond acceptors (Lipinski definition) is 2. The van der Waals surface area contributed by atoms with Crippen molar-refractivity contribution in [2.24, 2.45) is 5.73 Å². The first-order valence-corrected chi connectivity index (χ1v) is 6.31. The summed E-state index contributed by atoms with van der Waals surface area (Å²) < 4.78 is 39.6. The van der Waals surface area contributed by atoms with Crippen molar-refractivity contribution in [1.82, 2.24) is 4.98 Å². The minimum absolute atomic E-state index is 0.168. The Bertz CT molecular complexity index is 794. The Balaban J connectivity index is 2.05. The fourth-order valence-electron chi connectivity index (χ4n) is 2.22. The fourth-order valence-corrected chi connectivity index (χ4v) is 2.22. The molecule has 0 aliphatic rings. The molecule has 0 aliphatic heterocycles. The second-order valence-electron chi connectivity index (χ2n) is 4.73. The first kappa shape index (κ1) is 13.6. The maximum atomic E-state index is 13.3. The van der Waals surface area contributed by atoms with E-state index in [1.54, 1.807) is 18.3 Å². The predicted molar refractivity (Wildman–Crippen MR) is 74.1 cm³/mol. The van der Waals surface area contributed by atoms with Crippen LogP contribution in [0.25, 0.3) is 10.9 Å². The lowest BCUT2D eigenvalue weighted by molar-refractivity contribution is 0.444. The van der Waals surface area contributed by atoms with Gasteiger partial charge in [-0.1, -0.05) is 18.2 Å². The molecule has 1 atom stereocenters. The number of nitrogens with two attached hydrogens (primary N) is 1. The van der Waals surface area contributed by atoms with Crippen molar-refractivity contribution < 1.29 is 13.2 Å². The minimum Gasteiger partial charge on any atom is -0.320 e. The van der Waals surface area contributed by atoms with Crippen molar-refractivity contribution in [2.45, 2.75) is 6.04 Å². The number of halogens is 3. The molecule has 2 N–H and O–H groups in total. The maximum absolute atomic E-state index is 13.3. The van der Waals surface area contributed by atoms with E-state index in [9.17, 15) is 13.2 Å². The highest BCUT2D eigenvalue weighted by molar-refractivity contribution is 5.79. The summed E-state index contributed by atoms with van der Waals surface area (Å²) in [4.78, 5) is 4.20. The third-order valence-corrected chi connectivity index (χ3v) is 3.35.